The van der Waals surface area contributed by atoms with E-state index in [2.05, 4.69) is 6.58 Å². The van der Waals surface area contributed by atoms with Gasteiger partial charge in [-0.1, -0.05) is 12.1 Å². The van der Waals surface area contributed by atoms with Gasteiger partial charge in [-0.05, 0) is 24.6 Å². The number of hydrogen-bond donors (Lipinski definition) is 0. The van der Waals surface area contributed by atoms with Crippen LogP contribution in [0.1, 0.15) is 12.5 Å². The summed E-state index contributed by atoms with van der Waals surface area (Å²) in [5, 5.41) is 0. The van der Waals surface area contributed by atoms with Crippen molar-refractivity contribution in [3.8, 4) is 11.5 Å². The number of carbonyl (C=O) groups is 1. The van der Waals surface area contributed by atoms with Crippen LogP contribution >= 0.6 is 0 Å². The Bertz CT molecular complexity index is 443. The molecule has 0 bridgehead atoms. The molecule has 0 saturated heterocycles. The van der Waals surface area contributed by atoms with Crippen LogP contribution < -0.4 is 9.47 Å². The summed E-state index contributed by atoms with van der Waals surface area (Å²) in [4.78, 5) is 13.8. The maximum absolute atomic E-state index is 12.1. The average molecular weight is 263 g/mol. The Morgan fingerprint density at radius 1 is 1.32 bits per heavy atom. The van der Waals surface area contributed by atoms with Crippen molar-refractivity contribution in [1.29, 1.82) is 0 Å². The van der Waals surface area contributed by atoms with E-state index < -0.39 is 0 Å². The molecule has 0 N–H and O–H groups in total. The van der Waals surface area contributed by atoms with Crippen LogP contribution in [0, 0.1) is 0 Å². The van der Waals surface area contributed by atoms with Gasteiger partial charge in [-0.25, -0.2) is 0 Å². The van der Waals surface area contributed by atoms with Gasteiger partial charge in [-0.3, -0.25) is 4.79 Å². The first-order valence-corrected chi connectivity index (χ1v) is 6.25. The summed E-state index contributed by atoms with van der Waals surface area (Å²) in [6, 6.07) is 5.52. The van der Waals surface area contributed by atoms with E-state index in [1.165, 1.54) is 0 Å². The normalized spacial score (nSPS) is 9.84. The molecule has 0 atom stereocenters. The summed E-state index contributed by atoms with van der Waals surface area (Å²) in [5.74, 6) is 1.38. The summed E-state index contributed by atoms with van der Waals surface area (Å²) >= 11 is 0. The van der Waals surface area contributed by atoms with Gasteiger partial charge in [0, 0.05) is 13.1 Å². The van der Waals surface area contributed by atoms with Crippen LogP contribution in [-0.2, 0) is 11.2 Å². The monoisotopic (exact) mass is 263 g/mol. The number of carbonyl (C=O) groups excluding carboxylic acids is 1. The van der Waals surface area contributed by atoms with Crippen LogP contribution in [0.15, 0.2) is 30.9 Å². The standard InChI is InChI=1S/C15H21NO3/c1-5-9-16(6-2)15(17)11-12-7-8-13(18-3)14(10-12)19-4/h5,7-8,10H,1,6,9,11H2,2-4H3. The molecule has 0 aliphatic rings. The summed E-state index contributed by atoms with van der Waals surface area (Å²) in [6.07, 6.45) is 2.08. The minimum atomic E-state index is 0.0784. The fourth-order valence-corrected chi connectivity index (χ4v) is 1.84. The molecule has 1 aromatic carbocycles. The van der Waals surface area contributed by atoms with Gasteiger partial charge in [0.05, 0.1) is 20.6 Å². The van der Waals surface area contributed by atoms with Crippen molar-refractivity contribution >= 4 is 5.91 Å². The zero-order chi connectivity index (χ0) is 14.3. The molecule has 1 amide bonds. The van der Waals surface area contributed by atoms with E-state index in [0.29, 0.717) is 31.0 Å². The van der Waals surface area contributed by atoms with Gasteiger partial charge in [0.15, 0.2) is 11.5 Å². The second kappa shape index (κ2) is 7.46. The minimum absolute atomic E-state index is 0.0784. The molecule has 0 radical (unpaired) electrons. The van der Waals surface area contributed by atoms with Crippen molar-refractivity contribution in [2.45, 2.75) is 13.3 Å². The first-order valence-electron chi connectivity index (χ1n) is 6.25. The lowest BCUT2D eigenvalue weighted by atomic mass is 10.1. The van der Waals surface area contributed by atoms with Gasteiger partial charge < -0.3 is 14.4 Å². The van der Waals surface area contributed by atoms with Crippen LogP contribution in [0.4, 0.5) is 0 Å². The van der Waals surface area contributed by atoms with Crippen molar-refractivity contribution in [2.24, 2.45) is 0 Å². The van der Waals surface area contributed by atoms with Crippen LogP contribution in [-0.4, -0.2) is 38.1 Å². The van der Waals surface area contributed by atoms with E-state index in [4.69, 9.17) is 9.47 Å². The summed E-state index contributed by atoms with van der Waals surface area (Å²) < 4.78 is 10.4. The molecule has 19 heavy (non-hydrogen) atoms. The van der Waals surface area contributed by atoms with E-state index >= 15 is 0 Å². The fraction of sp³-hybridized carbons (Fsp3) is 0.400. The van der Waals surface area contributed by atoms with Gasteiger partial charge in [0.1, 0.15) is 0 Å². The highest BCUT2D eigenvalue weighted by atomic mass is 16.5. The maximum Gasteiger partial charge on any atom is 0.227 e. The van der Waals surface area contributed by atoms with Crippen molar-refractivity contribution in [3.05, 3.63) is 36.4 Å². The zero-order valence-corrected chi connectivity index (χ0v) is 11.8. The smallest absolute Gasteiger partial charge is 0.227 e. The number of likely N-dealkylation sites (N-methyl/N-ethyl adjacent to an activating group) is 1. The molecule has 0 unspecified atom stereocenters. The van der Waals surface area contributed by atoms with E-state index in [-0.39, 0.29) is 5.91 Å². The van der Waals surface area contributed by atoms with Crippen molar-refractivity contribution in [2.75, 3.05) is 27.3 Å². The van der Waals surface area contributed by atoms with Crippen molar-refractivity contribution in [3.63, 3.8) is 0 Å². The van der Waals surface area contributed by atoms with Gasteiger partial charge in [-0.2, -0.15) is 0 Å². The Labute approximate surface area is 114 Å². The van der Waals surface area contributed by atoms with Gasteiger partial charge in [-0.15, -0.1) is 6.58 Å². The SMILES string of the molecule is C=CCN(CC)C(=O)Cc1ccc(OC)c(OC)c1. The first kappa shape index (κ1) is 15.1. The Morgan fingerprint density at radius 3 is 2.53 bits per heavy atom. The molecule has 4 nitrogen and oxygen atoms in total. The quantitative estimate of drug-likeness (QED) is 0.708. The molecule has 1 rings (SSSR count). The molecule has 0 aliphatic carbocycles. The lowest BCUT2D eigenvalue weighted by Gasteiger charge is -2.19. The molecule has 0 heterocycles. The predicted octanol–water partition coefficient (Wildman–Crippen LogP) is 2.28. The number of methoxy groups -OCH3 is 2. The van der Waals surface area contributed by atoms with Crippen LogP contribution in [0.25, 0.3) is 0 Å². The Kier molecular flexibility index (Phi) is 5.93. The maximum atomic E-state index is 12.1. The van der Waals surface area contributed by atoms with Gasteiger partial charge >= 0.3 is 0 Å². The van der Waals surface area contributed by atoms with Crippen LogP contribution in [0.5, 0.6) is 11.5 Å². The topological polar surface area (TPSA) is 38.8 Å². The summed E-state index contributed by atoms with van der Waals surface area (Å²) in [5.41, 5.74) is 0.908. The van der Waals surface area contributed by atoms with Crippen molar-refractivity contribution < 1.29 is 14.3 Å². The molecule has 1 aromatic rings. The zero-order valence-electron chi connectivity index (χ0n) is 11.8. The lowest BCUT2D eigenvalue weighted by molar-refractivity contribution is -0.129. The molecule has 0 saturated carbocycles. The number of amides is 1. The van der Waals surface area contributed by atoms with E-state index in [9.17, 15) is 4.79 Å². The van der Waals surface area contributed by atoms with Crippen LogP contribution in [0.3, 0.4) is 0 Å². The Morgan fingerprint density at radius 2 is 2.00 bits per heavy atom. The fourth-order valence-electron chi connectivity index (χ4n) is 1.84. The third-order valence-electron chi connectivity index (χ3n) is 2.89. The predicted molar refractivity (Wildman–Crippen MR) is 75.7 cm³/mol. The number of ether oxygens (including phenoxy) is 2. The second-order valence-electron chi connectivity index (χ2n) is 4.09. The number of benzene rings is 1. The highest BCUT2D eigenvalue weighted by Gasteiger charge is 2.12. The second-order valence-corrected chi connectivity index (χ2v) is 4.09. The van der Waals surface area contributed by atoms with Gasteiger partial charge in [0.2, 0.25) is 5.91 Å². The van der Waals surface area contributed by atoms with Gasteiger partial charge in [0.25, 0.3) is 0 Å². The number of rotatable bonds is 7. The van der Waals surface area contributed by atoms with Crippen molar-refractivity contribution in [1.82, 2.24) is 4.90 Å². The molecule has 0 aromatic heterocycles. The number of nitrogens with zero attached hydrogens (tertiary/aromatic N) is 1. The van der Waals surface area contributed by atoms with E-state index in [0.717, 1.165) is 5.56 Å². The third-order valence-corrected chi connectivity index (χ3v) is 2.89. The lowest BCUT2D eigenvalue weighted by Crippen LogP contribution is -2.32. The Balaban J connectivity index is 2.81. The molecular formula is C15H21NO3. The van der Waals surface area contributed by atoms with E-state index in [1.807, 2.05) is 25.1 Å². The highest BCUT2D eigenvalue weighted by molar-refractivity contribution is 5.79. The first-order chi connectivity index (χ1) is 9.15. The molecule has 104 valence electrons. The summed E-state index contributed by atoms with van der Waals surface area (Å²) in [6.45, 7) is 6.86. The minimum Gasteiger partial charge on any atom is -0.493 e. The molecule has 0 spiro atoms. The molecule has 0 fully saturated rings. The Hall–Kier alpha value is -1.97. The number of hydrogen-bond acceptors (Lipinski definition) is 3. The van der Waals surface area contributed by atoms with E-state index in [1.54, 1.807) is 25.2 Å². The molecular weight excluding hydrogens is 242 g/mol. The summed E-state index contributed by atoms with van der Waals surface area (Å²) in [7, 11) is 3.17. The average Bonchev–Trinajstić information content (AvgIpc) is 2.44. The highest BCUT2D eigenvalue weighted by Crippen LogP contribution is 2.27. The third kappa shape index (κ3) is 4.02. The largest absolute Gasteiger partial charge is 0.493 e. The molecule has 4 heteroatoms. The molecule has 0 aliphatic heterocycles. The van der Waals surface area contributed by atoms with Crippen LogP contribution in [0.2, 0.25) is 0 Å².